The summed E-state index contributed by atoms with van der Waals surface area (Å²) in [6.45, 7) is 10.8. The van der Waals surface area contributed by atoms with Crippen molar-refractivity contribution in [2.24, 2.45) is 50.2 Å². The predicted octanol–water partition coefficient (Wildman–Crippen LogP) is -1.66. The van der Waals surface area contributed by atoms with E-state index >= 15 is 4.79 Å². The van der Waals surface area contributed by atoms with Crippen molar-refractivity contribution in [3.8, 4) is 0 Å². The highest BCUT2D eigenvalue weighted by molar-refractivity contribution is 5.80. The van der Waals surface area contributed by atoms with Crippen LogP contribution in [-0.4, -0.2) is 225 Å². The van der Waals surface area contributed by atoms with Crippen molar-refractivity contribution in [2.45, 2.75) is 229 Å². The first-order valence-electron chi connectivity index (χ1n) is 27.5. The minimum Gasteiger partial charge on any atom is -0.481 e. The van der Waals surface area contributed by atoms with E-state index in [1.54, 1.807) is 6.92 Å². The maximum Gasteiger partial charge on any atom is 0.317 e. The molecule has 3 saturated heterocycles. The average molecular weight is 1130 g/mol. The van der Waals surface area contributed by atoms with E-state index in [4.69, 9.17) is 38.3 Å². The highest BCUT2D eigenvalue weighted by Crippen LogP contribution is 2.76. The van der Waals surface area contributed by atoms with E-state index in [-0.39, 0.29) is 30.1 Å². The normalized spacial score (nSPS) is 49.3. The molecule has 0 bridgehead atoms. The zero-order valence-corrected chi connectivity index (χ0v) is 45.8. The molecular formula is C54H84O25. The molecule has 0 unspecified atom stereocenters. The van der Waals surface area contributed by atoms with E-state index in [0.29, 0.717) is 44.9 Å². The Morgan fingerprint density at radius 1 is 0.658 bits per heavy atom. The highest BCUT2D eigenvalue weighted by atomic mass is 16.8. The number of carboxylic acid groups (broad SMARTS) is 2. The van der Waals surface area contributed by atoms with Gasteiger partial charge in [0.2, 0.25) is 6.29 Å². The third-order valence-electron chi connectivity index (χ3n) is 20.7. The Kier molecular flexibility index (Phi) is 17.4. The molecule has 5 aliphatic carbocycles. The van der Waals surface area contributed by atoms with Crippen LogP contribution < -0.4 is 0 Å². The number of esters is 2. The number of allylic oxidation sites excluding steroid dienone is 2. The minimum absolute atomic E-state index is 0.0589. The summed E-state index contributed by atoms with van der Waals surface area (Å²) in [5.74, 6) is -5.55. The summed E-state index contributed by atoms with van der Waals surface area (Å²) >= 11 is 0. The summed E-state index contributed by atoms with van der Waals surface area (Å²) in [4.78, 5) is 52.2. The molecule has 0 amide bonds. The zero-order chi connectivity index (χ0) is 58.5. The van der Waals surface area contributed by atoms with Crippen molar-refractivity contribution in [1.29, 1.82) is 0 Å². The second-order valence-electron chi connectivity index (χ2n) is 26.1. The molecule has 7 fully saturated rings. The van der Waals surface area contributed by atoms with E-state index in [9.17, 15) is 80.8 Å². The fraction of sp³-hybridized carbons (Fsp3) is 0.889. The lowest BCUT2D eigenvalue weighted by Crippen LogP contribution is -2.69. The van der Waals surface area contributed by atoms with Crippen LogP contribution in [-0.2, 0) is 52.3 Å². The molecule has 25 nitrogen and oxygen atoms in total. The maximum atomic E-state index is 15.5. The standard InChI is InChI=1S/C54H84O25/c1-48(2)14-15-54(24(16-48)23-8-9-28-50(4)12-11-30(56)53(7,46(69)70)29(50)10-13-51(28,5)52(23,6)17-31(54)57)47(71)79-45-41(68)42(78-44-40(67)37(64)34(61)25(20-55)75-44)36(63)27(77-45)22-74-43-39(66)38(65)35(62)26(76-43)21-73-33(60)19-49(3,72)18-32(58)59/h8,24-31,34-45,55-57,61-68,72H,9-22H2,1-7H3,(H,58,59)(H,69,70)/t24-,25+,26+,27+,28+,29+,30-,31+,34+,35+,36+,37-,38-,39+,40+,41+,42-,43+,44-,45-,49+,50+,51+,52+,53-,54+/m0/s1. The Balaban J connectivity index is 1.07. The Morgan fingerprint density at radius 3 is 1.90 bits per heavy atom. The summed E-state index contributed by atoms with van der Waals surface area (Å²) in [6, 6.07) is 0. The number of hydrogen-bond donors (Lipinski definition) is 14. The number of fused-ring (bicyclic) bond motifs is 7. The Hall–Kier alpha value is -3.06. The van der Waals surface area contributed by atoms with Gasteiger partial charge in [0.1, 0.15) is 85.3 Å². The van der Waals surface area contributed by atoms with Crippen molar-refractivity contribution < 1.29 is 124 Å². The van der Waals surface area contributed by atoms with Crippen LogP contribution in [0, 0.1) is 50.2 Å². The van der Waals surface area contributed by atoms with Gasteiger partial charge in [-0.05, 0) is 111 Å². The lowest BCUT2D eigenvalue weighted by Gasteiger charge is -2.71. The van der Waals surface area contributed by atoms with Gasteiger partial charge in [-0.3, -0.25) is 19.2 Å². The van der Waals surface area contributed by atoms with E-state index in [2.05, 4.69) is 40.7 Å². The molecule has 0 aromatic rings. The summed E-state index contributed by atoms with van der Waals surface area (Å²) in [7, 11) is 0. The molecule has 8 aliphatic rings. The van der Waals surface area contributed by atoms with Gasteiger partial charge in [-0.2, -0.15) is 0 Å². The molecule has 0 spiro atoms. The molecule has 8 rings (SSSR count). The van der Waals surface area contributed by atoms with Gasteiger partial charge >= 0.3 is 23.9 Å². The van der Waals surface area contributed by atoms with Crippen LogP contribution in [0.1, 0.15) is 119 Å². The van der Waals surface area contributed by atoms with Gasteiger partial charge in [0.25, 0.3) is 0 Å². The topological polar surface area (TPSA) is 416 Å². The van der Waals surface area contributed by atoms with E-state index < -0.39 is 199 Å². The SMILES string of the molecule is CC1(C)CC[C@]2(C(=O)O[C@@H]3O[C@H](CO[C@@H]4O[C@H](COC(=O)C[C@](C)(O)CC(=O)O)[C@@H](O)[C@H](O)[C@H]4O)[C@@H](O)[C@H](O[C@@H]4O[C@H](CO)[C@@H](O)[C@H](O)[C@H]4O)[C@H]3O)[C@H](O)C[C@]3(C)C(=CC[C@@H]4[C@@]5(C)CC[C@H](O)[C@@](C)(C(=O)O)[C@@H]5CC[C@]43C)[C@@H]2C1. The van der Waals surface area contributed by atoms with Gasteiger partial charge < -0.3 is 105 Å². The largest absolute Gasteiger partial charge is 0.481 e. The van der Waals surface area contributed by atoms with Gasteiger partial charge in [0.15, 0.2) is 12.6 Å². The molecule has 79 heavy (non-hydrogen) atoms. The van der Waals surface area contributed by atoms with E-state index in [0.717, 1.165) is 12.5 Å². The summed E-state index contributed by atoms with van der Waals surface area (Å²) in [5, 5.41) is 153. The smallest absolute Gasteiger partial charge is 0.317 e. The third-order valence-corrected chi connectivity index (χ3v) is 20.7. The molecule has 25 heteroatoms. The minimum atomic E-state index is -2.15. The Labute approximate surface area is 457 Å². The van der Waals surface area contributed by atoms with Gasteiger partial charge in [0, 0.05) is 0 Å². The number of carbonyl (C=O) groups is 4. The molecule has 3 heterocycles. The zero-order valence-electron chi connectivity index (χ0n) is 45.8. The second kappa shape index (κ2) is 22.2. The molecule has 0 aromatic heterocycles. The lowest BCUT2D eigenvalue weighted by atomic mass is 9.33. The van der Waals surface area contributed by atoms with Crippen LogP contribution in [0.5, 0.6) is 0 Å². The van der Waals surface area contributed by atoms with Gasteiger partial charge in [0.05, 0.1) is 49.3 Å². The molecule has 0 aromatic carbocycles. The molecule has 0 radical (unpaired) electrons. The first-order chi connectivity index (χ1) is 36.6. The number of carbonyl (C=O) groups excluding carboxylic acids is 2. The number of carboxylic acids is 2. The number of aliphatic hydroxyl groups excluding tert-OH is 11. The first-order valence-corrected chi connectivity index (χ1v) is 27.5. The third kappa shape index (κ3) is 10.6. The summed E-state index contributed by atoms with van der Waals surface area (Å²) in [5.41, 5.74) is -6.18. The average Bonchev–Trinajstić information content (AvgIpc) is 3.10. The molecule has 4 saturated carbocycles. The summed E-state index contributed by atoms with van der Waals surface area (Å²) in [6.07, 6.45) is -26.9. The van der Waals surface area contributed by atoms with Crippen LogP contribution in [0.25, 0.3) is 0 Å². The van der Waals surface area contributed by atoms with Crippen LogP contribution in [0.15, 0.2) is 11.6 Å². The van der Waals surface area contributed by atoms with Crippen LogP contribution in [0.4, 0.5) is 0 Å². The molecule has 14 N–H and O–H groups in total. The van der Waals surface area contributed by atoms with Crippen LogP contribution >= 0.6 is 0 Å². The summed E-state index contributed by atoms with van der Waals surface area (Å²) < 4.78 is 40.3. The van der Waals surface area contributed by atoms with E-state index in [1.165, 1.54) is 0 Å². The lowest BCUT2D eigenvalue weighted by molar-refractivity contribution is -0.363. The number of aliphatic carboxylic acids is 2. The molecular weight excluding hydrogens is 1050 g/mol. The van der Waals surface area contributed by atoms with Crippen molar-refractivity contribution in [3.05, 3.63) is 11.6 Å². The van der Waals surface area contributed by atoms with Crippen molar-refractivity contribution >= 4 is 23.9 Å². The second-order valence-corrected chi connectivity index (χ2v) is 26.1. The number of rotatable bonds is 15. The Bertz CT molecular complexity index is 2290. The van der Waals surface area contributed by atoms with Gasteiger partial charge in [-0.15, -0.1) is 0 Å². The predicted molar refractivity (Wildman–Crippen MR) is 265 cm³/mol. The quantitative estimate of drug-likeness (QED) is 0.0645. The van der Waals surface area contributed by atoms with Crippen molar-refractivity contribution in [2.75, 3.05) is 19.8 Å². The van der Waals surface area contributed by atoms with Crippen LogP contribution in [0.2, 0.25) is 0 Å². The number of hydrogen-bond acceptors (Lipinski definition) is 23. The maximum absolute atomic E-state index is 15.5. The molecule has 450 valence electrons. The first kappa shape index (κ1) is 62.0. The number of aliphatic hydroxyl groups is 12. The molecule has 3 aliphatic heterocycles. The highest BCUT2D eigenvalue weighted by Gasteiger charge is 2.73. The van der Waals surface area contributed by atoms with Crippen LogP contribution in [0.3, 0.4) is 0 Å². The fourth-order valence-corrected chi connectivity index (χ4v) is 15.8. The monoisotopic (exact) mass is 1130 g/mol. The molecule has 26 atom stereocenters. The van der Waals surface area contributed by atoms with Crippen molar-refractivity contribution in [1.82, 2.24) is 0 Å². The van der Waals surface area contributed by atoms with Gasteiger partial charge in [-0.25, -0.2) is 0 Å². The van der Waals surface area contributed by atoms with Crippen molar-refractivity contribution in [3.63, 3.8) is 0 Å². The van der Waals surface area contributed by atoms with Gasteiger partial charge in [-0.1, -0.05) is 46.3 Å². The van der Waals surface area contributed by atoms with E-state index in [1.807, 2.05) is 0 Å². The fourth-order valence-electron chi connectivity index (χ4n) is 15.8. The Morgan fingerprint density at radius 2 is 1.27 bits per heavy atom. The number of ether oxygens (including phenoxy) is 7.